The van der Waals surface area contributed by atoms with Crippen LogP contribution in [0.15, 0.2) is 53.7 Å². The maximum atomic E-state index is 12.5. The van der Waals surface area contributed by atoms with Gasteiger partial charge in [-0.05, 0) is 25.1 Å². The molecule has 0 radical (unpaired) electrons. The number of nitriles is 1. The van der Waals surface area contributed by atoms with Gasteiger partial charge in [-0.2, -0.15) is 5.26 Å². The lowest BCUT2D eigenvalue weighted by Gasteiger charge is -2.06. The lowest BCUT2D eigenvalue weighted by molar-refractivity contribution is 0.601. The van der Waals surface area contributed by atoms with E-state index in [1.807, 2.05) is 18.2 Å². The van der Waals surface area contributed by atoms with E-state index >= 15 is 0 Å². The Labute approximate surface area is 143 Å². The summed E-state index contributed by atoms with van der Waals surface area (Å²) in [7, 11) is -3.88. The van der Waals surface area contributed by atoms with Crippen LogP contribution in [-0.4, -0.2) is 18.4 Å². The van der Waals surface area contributed by atoms with Crippen molar-refractivity contribution in [2.45, 2.75) is 11.8 Å². The number of hydrogen-bond acceptors (Lipinski definition) is 6. The normalized spacial score (nSPS) is 11.0. The van der Waals surface area contributed by atoms with Crippen molar-refractivity contribution >= 4 is 26.5 Å². The first-order valence-electron chi connectivity index (χ1n) is 6.91. The minimum Gasteiger partial charge on any atom is -0.264 e. The van der Waals surface area contributed by atoms with E-state index in [1.54, 1.807) is 31.5 Å². The summed E-state index contributed by atoms with van der Waals surface area (Å²) in [6, 6.07) is 11.6. The molecule has 0 amide bonds. The van der Waals surface area contributed by atoms with E-state index in [0.29, 0.717) is 5.69 Å². The average Bonchev–Trinajstić information content (AvgIpc) is 2.95. The number of rotatable bonds is 4. The fraction of sp³-hybridized carbons (Fsp3) is 0.0625. The third-order valence-corrected chi connectivity index (χ3v) is 5.89. The van der Waals surface area contributed by atoms with Gasteiger partial charge in [-0.25, -0.2) is 13.4 Å². The number of hydrogen-bond donors (Lipinski definition) is 1. The first kappa shape index (κ1) is 16.1. The fourth-order valence-corrected chi connectivity index (χ4v) is 4.52. The molecule has 0 unspecified atom stereocenters. The number of aromatic nitrogens is 2. The van der Waals surface area contributed by atoms with E-state index < -0.39 is 10.0 Å². The minimum atomic E-state index is -3.88. The molecule has 0 saturated carbocycles. The zero-order valence-corrected chi connectivity index (χ0v) is 14.2. The van der Waals surface area contributed by atoms with E-state index in [-0.39, 0.29) is 15.6 Å². The second kappa shape index (κ2) is 6.39. The molecule has 120 valence electrons. The Morgan fingerprint density at radius 2 is 2.00 bits per heavy atom. The van der Waals surface area contributed by atoms with Gasteiger partial charge in [-0.1, -0.05) is 29.5 Å². The number of thiazole rings is 1. The molecular formula is C16H12N4O2S2. The Morgan fingerprint density at radius 1 is 1.21 bits per heavy atom. The number of benzene rings is 1. The number of sulfonamides is 1. The Morgan fingerprint density at radius 3 is 2.71 bits per heavy atom. The van der Waals surface area contributed by atoms with Crippen molar-refractivity contribution in [2.75, 3.05) is 4.72 Å². The molecule has 0 saturated heterocycles. The van der Waals surface area contributed by atoms with Crippen LogP contribution >= 0.6 is 11.3 Å². The van der Waals surface area contributed by atoms with Crippen LogP contribution in [0.2, 0.25) is 0 Å². The van der Waals surface area contributed by atoms with Crippen LogP contribution in [0.5, 0.6) is 0 Å². The molecule has 3 aromatic rings. The van der Waals surface area contributed by atoms with Gasteiger partial charge in [-0.3, -0.25) is 9.71 Å². The second-order valence-electron chi connectivity index (χ2n) is 4.89. The molecule has 0 atom stereocenters. The van der Waals surface area contributed by atoms with Gasteiger partial charge in [0.05, 0.1) is 16.1 Å². The van der Waals surface area contributed by atoms with Crippen molar-refractivity contribution in [1.82, 2.24) is 9.97 Å². The molecule has 3 rings (SSSR count). The standard InChI is InChI=1S/C16H12N4O2S2/c1-11-15(13-6-4-8-18-10-13)23-16(19-11)20-24(21,22)14-7-3-2-5-12(14)9-17/h2-8,10H,1H3,(H,19,20). The van der Waals surface area contributed by atoms with Crippen LogP contribution in [0.1, 0.15) is 11.3 Å². The Bertz CT molecular complexity index is 1020. The van der Waals surface area contributed by atoms with Crippen molar-refractivity contribution in [2.24, 2.45) is 0 Å². The van der Waals surface area contributed by atoms with E-state index in [4.69, 9.17) is 5.26 Å². The van der Waals surface area contributed by atoms with Crippen LogP contribution in [0, 0.1) is 18.3 Å². The predicted octanol–water partition coefficient (Wildman–Crippen LogP) is 3.19. The number of nitrogens with zero attached hydrogens (tertiary/aromatic N) is 3. The van der Waals surface area contributed by atoms with Gasteiger partial charge in [0.15, 0.2) is 5.13 Å². The quantitative estimate of drug-likeness (QED) is 0.774. The second-order valence-corrected chi connectivity index (χ2v) is 7.54. The Hall–Kier alpha value is -2.76. The molecule has 0 aliphatic rings. The maximum absolute atomic E-state index is 12.5. The third-order valence-electron chi connectivity index (χ3n) is 3.24. The molecule has 0 bridgehead atoms. The highest BCUT2D eigenvalue weighted by Crippen LogP contribution is 2.33. The monoisotopic (exact) mass is 356 g/mol. The highest BCUT2D eigenvalue weighted by molar-refractivity contribution is 7.93. The van der Waals surface area contributed by atoms with Crippen LogP contribution in [0.25, 0.3) is 10.4 Å². The van der Waals surface area contributed by atoms with Crippen molar-refractivity contribution in [3.8, 4) is 16.5 Å². The average molecular weight is 356 g/mol. The number of anilines is 1. The summed E-state index contributed by atoms with van der Waals surface area (Å²) in [5, 5.41) is 9.33. The first-order chi connectivity index (χ1) is 11.5. The summed E-state index contributed by atoms with van der Waals surface area (Å²) >= 11 is 1.22. The Kier molecular flexibility index (Phi) is 4.29. The lowest BCUT2D eigenvalue weighted by atomic mass is 10.2. The van der Waals surface area contributed by atoms with Crippen molar-refractivity contribution in [3.63, 3.8) is 0 Å². The van der Waals surface area contributed by atoms with E-state index in [9.17, 15) is 8.42 Å². The highest BCUT2D eigenvalue weighted by atomic mass is 32.2. The zero-order chi connectivity index (χ0) is 17.2. The molecule has 2 heterocycles. The summed E-state index contributed by atoms with van der Waals surface area (Å²) in [6.45, 7) is 1.81. The molecule has 24 heavy (non-hydrogen) atoms. The number of nitrogens with one attached hydrogen (secondary N) is 1. The Balaban J connectivity index is 1.96. The predicted molar refractivity (Wildman–Crippen MR) is 92.0 cm³/mol. The van der Waals surface area contributed by atoms with E-state index in [0.717, 1.165) is 10.4 Å². The van der Waals surface area contributed by atoms with Crippen molar-refractivity contribution in [3.05, 3.63) is 60.0 Å². The molecule has 6 nitrogen and oxygen atoms in total. The molecule has 0 spiro atoms. The van der Waals surface area contributed by atoms with Gasteiger partial charge < -0.3 is 0 Å². The van der Waals surface area contributed by atoms with Crippen molar-refractivity contribution < 1.29 is 8.42 Å². The maximum Gasteiger partial charge on any atom is 0.264 e. The molecule has 1 aromatic carbocycles. The fourth-order valence-electron chi connectivity index (χ4n) is 2.17. The van der Waals surface area contributed by atoms with Crippen LogP contribution in [0.4, 0.5) is 5.13 Å². The molecule has 0 aliphatic heterocycles. The van der Waals surface area contributed by atoms with Crippen LogP contribution in [-0.2, 0) is 10.0 Å². The molecule has 2 aromatic heterocycles. The van der Waals surface area contributed by atoms with Gasteiger partial charge in [-0.15, -0.1) is 0 Å². The van der Waals surface area contributed by atoms with Gasteiger partial charge >= 0.3 is 0 Å². The SMILES string of the molecule is Cc1nc(NS(=O)(=O)c2ccccc2C#N)sc1-c1cccnc1. The lowest BCUT2D eigenvalue weighted by Crippen LogP contribution is -2.14. The van der Waals surface area contributed by atoms with Crippen molar-refractivity contribution in [1.29, 1.82) is 5.26 Å². The molecule has 8 heteroatoms. The molecule has 0 aliphatic carbocycles. The molecule has 1 N–H and O–H groups in total. The smallest absolute Gasteiger partial charge is 0.264 e. The van der Waals surface area contributed by atoms with Gasteiger partial charge in [0.25, 0.3) is 10.0 Å². The number of aryl methyl sites for hydroxylation is 1. The van der Waals surface area contributed by atoms with Gasteiger partial charge in [0, 0.05) is 18.0 Å². The summed E-state index contributed by atoms with van der Waals surface area (Å²) < 4.78 is 27.5. The highest BCUT2D eigenvalue weighted by Gasteiger charge is 2.21. The molecular weight excluding hydrogens is 344 g/mol. The van der Waals surface area contributed by atoms with Gasteiger partial charge in [0.2, 0.25) is 0 Å². The minimum absolute atomic E-state index is 0.0664. The summed E-state index contributed by atoms with van der Waals surface area (Å²) in [4.78, 5) is 9.11. The largest absolute Gasteiger partial charge is 0.264 e. The van der Waals surface area contributed by atoms with Gasteiger partial charge in [0.1, 0.15) is 11.0 Å². The first-order valence-corrected chi connectivity index (χ1v) is 9.21. The summed E-state index contributed by atoms with van der Waals surface area (Å²) in [5.41, 5.74) is 1.67. The summed E-state index contributed by atoms with van der Waals surface area (Å²) in [5.74, 6) is 0. The van der Waals surface area contributed by atoms with E-state index in [2.05, 4.69) is 14.7 Å². The topological polar surface area (TPSA) is 95.7 Å². The molecule has 0 fully saturated rings. The summed E-state index contributed by atoms with van der Waals surface area (Å²) in [6.07, 6.45) is 3.37. The van der Waals surface area contributed by atoms with E-state index in [1.165, 1.54) is 23.5 Å². The zero-order valence-electron chi connectivity index (χ0n) is 12.6. The number of pyridine rings is 1. The van der Waals surface area contributed by atoms with Crippen LogP contribution in [0.3, 0.4) is 0 Å². The van der Waals surface area contributed by atoms with Crippen LogP contribution < -0.4 is 4.72 Å². The third kappa shape index (κ3) is 3.13.